The Hall–Kier alpha value is -3.19. The number of benzene rings is 2. The molecular formula is C25H28N4O3. The number of amides is 1. The van der Waals surface area contributed by atoms with Gasteiger partial charge in [-0.15, -0.1) is 0 Å². The van der Waals surface area contributed by atoms with E-state index in [0.29, 0.717) is 37.8 Å². The van der Waals surface area contributed by atoms with Crippen LogP contribution in [0.1, 0.15) is 30.0 Å². The first-order valence-electron chi connectivity index (χ1n) is 11.2. The fraction of sp³-hybridized carbons (Fsp3) is 0.400. The molecule has 1 aromatic heterocycles. The fourth-order valence-corrected chi connectivity index (χ4v) is 5.08. The molecule has 1 N–H and O–H groups in total. The van der Waals surface area contributed by atoms with Crippen molar-refractivity contribution >= 4 is 5.91 Å². The Balaban J connectivity index is 1.22. The van der Waals surface area contributed by atoms with Gasteiger partial charge in [0.1, 0.15) is 25.0 Å². The monoisotopic (exact) mass is 432 g/mol. The zero-order valence-electron chi connectivity index (χ0n) is 18.0. The van der Waals surface area contributed by atoms with Gasteiger partial charge in [0, 0.05) is 18.7 Å². The highest BCUT2D eigenvalue weighted by molar-refractivity contribution is 5.79. The second-order valence-electron chi connectivity index (χ2n) is 8.86. The number of ether oxygens (including phenoxy) is 1. The third-order valence-corrected chi connectivity index (χ3v) is 6.79. The lowest BCUT2D eigenvalue weighted by molar-refractivity contribution is -0.129. The highest BCUT2D eigenvalue weighted by atomic mass is 16.5. The summed E-state index contributed by atoms with van der Waals surface area (Å²) >= 11 is 0. The van der Waals surface area contributed by atoms with E-state index < -0.39 is 6.10 Å². The summed E-state index contributed by atoms with van der Waals surface area (Å²) in [7, 11) is 0. The van der Waals surface area contributed by atoms with E-state index >= 15 is 0 Å². The van der Waals surface area contributed by atoms with Crippen LogP contribution in [0.4, 0.5) is 0 Å². The standard InChI is InChI=1S/C25H28N4O3/c30-23-11-21-14-28(13-20(21)10-22(23)29-17-26-16-27-29)25(31)12-19-8-4-5-9-24(19)32-15-18-6-2-1-3-7-18/h1-9,16-17,20-23,30H,10-15H2/t20-,21+,22-,23-/m1/s1. The molecule has 32 heavy (non-hydrogen) atoms. The first-order valence-corrected chi connectivity index (χ1v) is 11.2. The lowest BCUT2D eigenvalue weighted by Gasteiger charge is -2.34. The average molecular weight is 433 g/mol. The van der Waals surface area contributed by atoms with Crippen LogP contribution >= 0.6 is 0 Å². The zero-order chi connectivity index (χ0) is 21.9. The molecule has 1 saturated carbocycles. The number of hydrogen-bond donors (Lipinski definition) is 1. The normalized spacial score (nSPS) is 24.8. The van der Waals surface area contributed by atoms with Crippen molar-refractivity contribution in [1.29, 1.82) is 0 Å². The van der Waals surface area contributed by atoms with Crippen molar-refractivity contribution in [2.24, 2.45) is 11.8 Å². The third kappa shape index (κ3) is 4.39. The number of rotatable bonds is 6. The second kappa shape index (κ2) is 9.12. The molecule has 1 aliphatic carbocycles. The van der Waals surface area contributed by atoms with E-state index in [0.717, 1.165) is 29.8 Å². The molecule has 4 atom stereocenters. The van der Waals surface area contributed by atoms with Crippen molar-refractivity contribution < 1.29 is 14.6 Å². The number of nitrogens with zero attached hydrogens (tertiary/aromatic N) is 4. The maximum Gasteiger partial charge on any atom is 0.227 e. The summed E-state index contributed by atoms with van der Waals surface area (Å²) in [6.07, 6.45) is 4.53. The van der Waals surface area contributed by atoms with Crippen molar-refractivity contribution in [2.45, 2.75) is 38.0 Å². The van der Waals surface area contributed by atoms with Crippen LogP contribution in [0, 0.1) is 11.8 Å². The molecule has 0 radical (unpaired) electrons. The minimum Gasteiger partial charge on any atom is -0.489 e. The van der Waals surface area contributed by atoms with Crippen LogP contribution in [-0.2, 0) is 17.8 Å². The van der Waals surface area contributed by atoms with Crippen molar-refractivity contribution in [3.05, 3.63) is 78.4 Å². The van der Waals surface area contributed by atoms with Crippen molar-refractivity contribution in [3.8, 4) is 5.75 Å². The van der Waals surface area contributed by atoms with Crippen molar-refractivity contribution in [2.75, 3.05) is 13.1 Å². The zero-order valence-corrected chi connectivity index (χ0v) is 18.0. The molecule has 7 heteroatoms. The molecule has 2 heterocycles. The highest BCUT2D eigenvalue weighted by Gasteiger charge is 2.43. The topological polar surface area (TPSA) is 80.5 Å². The molecule has 1 amide bonds. The van der Waals surface area contributed by atoms with E-state index in [1.807, 2.05) is 59.5 Å². The van der Waals surface area contributed by atoms with Gasteiger partial charge in [-0.05, 0) is 36.3 Å². The van der Waals surface area contributed by atoms with Crippen molar-refractivity contribution in [3.63, 3.8) is 0 Å². The van der Waals surface area contributed by atoms with Gasteiger partial charge in [0.2, 0.25) is 5.91 Å². The van der Waals surface area contributed by atoms with Crippen molar-refractivity contribution in [1.82, 2.24) is 19.7 Å². The molecule has 7 nitrogen and oxygen atoms in total. The molecular weight excluding hydrogens is 404 g/mol. The number of aromatic nitrogens is 3. The Morgan fingerprint density at radius 3 is 2.56 bits per heavy atom. The number of carbonyl (C=O) groups is 1. The number of aliphatic hydroxyl groups excluding tert-OH is 1. The van der Waals surface area contributed by atoms with Gasteiger partial charge in [-0.2, -0.15) is 5.10 Å². The van der Waals surface area contributed by atoms with Crippen LogP contribution in [0.15, 0.2) is 67.3 Å². The number of likely N-dealkylation sites (tertiary alicyclic amines) is 1. The van der Waals surface area contributed by atoms with Gasteiger partial charge in [-0.3, -0.25) is 4.79 Å². The predicted octanol–water partition coefficient (Wildman–Crippen LogP) is 2.87. The fourth-order valence-electron chi connectivity index (χ4n) is 5.08. The van der Waals surface area contributed by atoms with E-state index in [1.165, 1.54) is 6.33 Å². The third-order valence-electron chi connectivity index (χ3n) is 6.79. The van der Waals surface area contributed by atoms with Gasteiger partial charge in [0.05, 0.1) is 18.6 Å². The molecule has 0 spiro atoms. The number of hydrogen-bond acceptors (Lipinski definition) is 5. The number of fused-ring (bicyclic) bond motifs is 1. The smallest absolute Gasteiger partial charge is 0.227 e. The van der Waals surface area contributed by atoms with E-state index in [2.05, 4.69) is 10.1 Å². The Morgan fingerprint density at radius 1 is 1.03 bits per heavy atom. The van der Waals surface area contributed by atoms with Crippen LogP contribution in [0.2, 0.25) is 0 Å². The summed E-state index contributed by atoms with van der Waals surface area (Å²) in [5, 5.41) is 14.8. The number of para-hydroxylation sites is 1. The van der Waals surface area contributed by atoms with E-state index in [4.69, 9.17) is 4.74 Å². The summed E-state index contributed by atoms with van der Waals surface area (Å²) in [4.78, 5) is 19.1. The van der Waals surface area contributed by atoms with Gasteiger partial charge in [-0.1, -0.05) is 48.5 Å². The Labute approximate surface area is 187 Å². The van der Waals surface area contributed by atoms with E-state index in [-0.39, 0.29) is 11.9 Å². The van der Waals surface area contributed by atoms with Crippen LogP contribution in [0.25, 0.3) is 0 Å². The first-order chi connectivity index (χ1) is 15.7. The molecule has 0 unspecified atom stereocenters. The van der Waals surface area contributed by atoms with Gasteiger partial charge in [0.15, 0.2) is 0 Å². The summed E-state index contributed by atoms with van der Waals surface area (Å²) in [6.45, 7) is 1.91. The number of carbonyl (C=O) groups excluding carboxylic acids is 1. The summed E-state index contributed by atoms with van der Waals surface area (Å²) in [6, 6.07) is 17.7. The minimum absolute atomic E-state index is 0.0686. The lowest BCUT2D eigenvalue weighted by atomic mass is 9.77. The largest absolute Gasteiger partial charge is 0.489 e. The molecule has 2 fully saturated rings. The van der Waals surface area contributed by atoms with Gasteiger partial charge >= 0.3 is 0 Å². The molecule has 0 bridgehead atoms. The van der Waals surface area contributed by atoms with Crippen LogP contribution < -0.4 is 4.74 Å². The first kappa shape index (κ1) is 20.7. The molecule has 3 aromatic rings. The van der Waals surface area contributed by atoms with Crippen LogP contribution in [0.5, 0.6) is 5.75 Å². The maximum atomic E-state index is 13.2. The van der Waals surface area contributed by atoms with Crippen LogP contribution in [0.3, 0.4) is 0 Å². The second-order valence-corrected chi connectivity index (χ2v) is 8.86. The Morgan fingerprint density at radius 2 is 1.78 bits per heavy atom. The Bertz CT molecular complexity index is 1040. The molecule has 166 valence electrons. The minimum atomic E-state index is -0.458. The average Bonchev–Trinajstić information content (AvgIpc) is 3.48. The highest BCUT2D eigenvalue weighted by Crippen LogP contribution is 2.41. The van der Waals surface area contributed by atoms with Crippen LogP contribution in [-0.4, -0.2) is 49.9 Å². The van der Waals surface area contributed by atoms with E-state index in [9.17, 15) is 9.90 Å². The van der Waals surface area contributed by atoms with Gasteiger partial charge < -0.3 is 14.7 Å². The quantitative estimate of drug-likeness (QED) is 0.648. The predicted molar refractivity (Wildman–Crippen MR) is 119 cm³/mol. The lowest BCUT2D eigenvalue weighted by Crippen LogP contribution is -2.36. The van der Waals surface area contributed by atoms with Gasteiger partial charge in [-0.25, -0.2) is 9.67 Å². The summed E-state index contributed by atoms with van der Waals surface area (Å²) in [5.74, 6) is 1.57. The Kier molecular flexibility index (Phi) is 5.90. The van der Waals surface area contributed by atoms with Gasteiger partial charge in [0.25, 0.3) is 0 Å². The molecule has 1 saturated heterocycles. The summed E-state index contributed by atoms with van der Waals surface area (Å²) < 4.78 is 7.79. The number of aliphatic hydroxyl groups is 1. The maximum absolute atomic E-state index is 13.2. The molecule has 5 rings (SSSR count). The van der Waals surface area contributed by atoms with E-state index in [1.54, 1.807) is 11.0 Å². The molecule has 2 aliphatic rings. The molecule has 1 aliphatic heterocycles. The molecule has 2 aromatic carbocycles. The summed E-state index contributed by atoms with van der Waals surface area (Å²) in [5.41, 5.74) is 2.00. The SMILES string of the molecule is O=C(Cc1ccccc1OCc1ccccc1)N1C[C@H]2C[C@@H](n3cncn3)[C@H](O)C[C@H]2C1.